The smallest absolute Gasteiger partial charge is 0.345 e. The van der Waals surface area contributed by atoms with Crippen molar-refractivity contribution in [2.75, 3.05) is 5.01 Å². The number of rotatable bonds is 4. The molecule has 0 saturated heterocycles. The monoisotopic (exact) mass is 593 g/mol. The summed E-state index contributed by atoms with van der Waals surface area (Å²) in [5.74, 6) is 0.270. The molecule has 3 heterocycles. The summed E-state index contributed by atoms with van der Waals surface area (Å²) >= 11 is 5.01. The first-order valence-electron chi connectivity index (χ1n) is 13.0. The third-order valence-electron chi connectivity index (χ3n) is 7.44. The van der Waals surface area contributed by atoms with E-state index in [9.17, 15) is 4.79 Å². The van der Waals surface area contributed by atoms with Crippen molar-refractivity contribution in [3.63, 3.8) is 0 Å². The number of hydrogen-bond donors (Lipinski definition) is 0. The minimum Gasteiger partial charge on any atom is -0.422 e. The number of hydrogen-bond acceptors (Lipinski definition) is 6. The van der Waals surface area contributed by atoms with E-state index in [0.717, 1.165) is 40.0 Å². The molecular formula is C32H24BrN3O2S. The van der Waals surface area contributed by atoms with E-state index in [0.29, 0.717) is 16.8 Å². The van der Waals surface area contributed by atoms with E-state index in [1.165, 1.54) is 28.0 Å². The highest BCUT2D eigenvalue weighted by Crippen LogP contribution is 2.47. The number of aromatic nitrogens is 1. The Bertz CT molecular complexity index is 1790. The average molecular weight is 595 g/mol. The minimum absolute atomic E-state index is 0.0450. The summed E-state index contributed by atoms with van der Waals surface area (Å²) in [5, 5.41) is 10.8. The number of nitrogens with zero attached hydrogens (tertiary/aromatic N) is 3. The van der Waals surface area contributed by atoms with Crippen molar-refractivity contribution in [1.82, 2.24) is 4.98 Å². The van der Waals surface area contributed by atoms with Gasteiger partial charge >= 0.3 is 5.63 Å². The molecule has 2 aliphatic rings. The van der Waals surface area contributed by atoms with Crippen LogP contribution in [0.4, 0.5) is 5.13 Å². The van der Waals surface area contributed by atoms with E-state index >= 15 is 0 Å². The van der Waals surface area contributed by atoms with E-state index in [2.05, 4.69) is 75.5 Å². The van der Waals surface area contributed by atoms with Crippen LogP contribution in [0.25, 0.3) is 28.3 Å². The highest BCUT2D eigenvalue weighted by atomic mass is 79.9. The quantitative estimate of drug-likeness (QED) is 0.196. The lowest BCUT2D eigenvalue weighted by Gasteiger charge is -2.29. The summed E-state index contributed by atoms with van der Waals surface area (Å²) in [6.45, 7) is 0. The van der Waals surface area contributed by atoms with Crippen molar-refractivity contribution in [2.24, 2.45) is 11.0 Å². The van der Waals surface area contributed by atoms with Crippen LogP contribution in [0.15, 0.2) is 115 Å². The maximum atomic E-state index is 12.9. The highest BCUT2D eigenvalue weighted by Gasteiger charge is 2.42. The van der Waals surface area contributed by atoms with Crippen LogP contribution in [-0.2, 0) is 0 Å². The zero-order chi connectivity index (χ0) is 26.3. The molecule has 2 aromatic heterocycles. The number of allylic oxidation sites excluding steroid dienone is 1. The van der Waals surface area contributed by atoms with E-state index < -0.39 is 5.63 Å². The molecule has 0 amide bonds. The maximum absolute atomic E-state index is 12.9. The first-order chi connectivity index (χ1) is 19.1. The molecule has 1 aliphatic carbocycles. The van der Waals surface area contributed by atoms with Crippen LogP contribution in [0.5, 0.6) is 0 Å². The lowest BCUT2D eigenvalue weighted by atomic mass is 9.77. The van der Waals surface area contributed by atoms with Crippen LogP contribution < -0.4 is 10.6 Å². The molecule has 0 unspecified atom stereocenters. The van der Waals surface area contributed by atoms with Crippen LogP contribution >= 0.6 is 27.3 Å². The summed E-state index contributed by atoms with van der Waals surface area (Å²) in [6, 6.07) is 28.5. The number of thiazole rings is 1. The van der Waals surface area contributed by atoms with Crippen LogP contribution in [0.3, 0.4) is 0 Å². The van der Waals surface area contributed by atoms with Crippen LogP contribution in [0.1, 0.15) is 36.4 Å². The van der Waals surface area contributed by atoms with Crippen LogP contribution in [-0.4, -0.2) is 10.7 Å². The Kier molecular flexibility index (Phi) is 6.25. The molecule has 7 heteroatoms. The fraction of sp³-hybridized carbons (Fsp3) is 0.156. The van der Waals surface area contributed by atoms with E-state index in [1.54, 1.807) is 6.07 Å². The Labute approximate surface area is 238 Å². The van der Waals surface area contributed by atoms with Crippen molar-refractivity contribution >= 4 is 55.2 Å². The van der Waals surface area contributed by atoms with Crippen molar-refractivity contribution in [2.45, 2.75) is 25.3 Å². The van der Waals surface area contributed by atoms with Gasteiger partial charge in [-0.05, 0) is 66.3 Å². The third kappa shape index (κ3) is 4.56. The molecule has 1 aliphatic heterocycles. The van der Waals surface area contributed by atoms with Gasteiger partial charge in [-0.2, -0.15) is 5.10 Å². The summed E-state index contributed by atoms with van der Waals surface area (Å²) in [5.41, 5.74) is 6.06. The number of benzene rings is 3. The number of fused-ring (bicyclic) bond motifs is 2. The van der Waals surface area contributed by atoms with E-state index in [1.807, 2.05) is 35.7 Å². The van der Waals surface area contributed by atoms with Crippen molar-refractivity contribution in [3.05, 3.63) is 122 Å². The highest BCUT2D eigenvalue weighted by molar-refractivity contribution is 9.10. The molecular weight excluding hydrogens is 570 g/mol. The summed E-state index contributed by atoms with van der Waals surface area (Å²) in [6.07, 6.45) is 5.48. The normalized spacial score (nSPS) is 19.9. The molecule has 1 fully saturated rings. The molecule has 2 atom stereocenters. The molecule has 0 N–H and O–H groups in total. The summed E-state index contributed by atoms with van der Waals surface area (Å²) in [4.78, 5) is 17.8. The Morgan fingerprint density at radius 2 is 1.79 bits per heavy atom. The number of hydrazone groups is 1. The first-order valence-corrected chi connectivity index (χ1v) is 14.7. The Balaban J connectivity index is 1.32. The largest absolute Gasteiger partial charge is 0.422 e. The number of halogens is 1. The second-order valence-corrected chi connectivity index (χ2v) is 11.7. The van der Waals surface area contributed by atoms with Gasteiger partial charge in [-0.3, -0.25) is 0 Å². The zero-order valence-electron chi connectivity index (χ0n) is 21.0. The van der Waals surface area contributed by atoms with Gasteiger partial charge in [0.2, 0.25) is 5.13 Å². The third-order valence-corrected chi connectivity index (χ3v) is 8.76. The van der Waals surface area contributed by atoms with Crippen LogP contribution in [0.2, 0.25) is 0 Å². The molecule has 5 aromatic rings. The zero-order valence-corrected chi connectivity index (χ0v) is 23.4. The Morgan fingerprint density at radius 1 is 1.00 bits per heavy atom. The maximum Gasteiger partial charge on any atom is 0.345 e. The predicted octanol–water partition coefficient (Wildman–Crippen LogP) is 8.48. The van der Waals surface area contributed by atoms with Gasteiger partial charge in [0.05, 0.1) is 23.0 Å². The van der Waals surface area contributed by atoms with Crippen molar-refractivity contribution in [3.8, 4) is 11.3 Å². The molecule has 7 rings (SSSR count). The molecule has 39 heavy (non-hydrogen) atoms. The summed E-state index contributed by atoms with van der Waals surface area (Å²) in [7, 11) is 0. The van der Waals surface area contributed by atoms with Gasteiger partial charge in [0.25, 0.3) is 0 Å². The van der Waals surface area contributed by atoms with E-state index in [4.69, 9.17) is 14.5 Å². The SMILES string of the molecule is O=c1oc2ccc(Br)cc2cc1-c1csc(N2N=C3/C(=C/c4ccccc4)CCC[C@@H]3[C@@H]2c2ccccc2)n1. The van der Waals surface area contributed by atoms with Gasteiger partial charge in [-0.25, -0.2) is 14.8 Å². The molecule has 0 radical (unpaired) electrons. The van der Waals surface area contributed by atoms with Gasteiger partial charge < -0.3 is 4.42 Å². The average Bonchev–Trinajstić information content (AvgIpc) is 3.60. The standard InChI is InChI=1S/C32H24BrN3O2S/c33-24-14-15-28-23(17-24)18-26(31(37)38-28)27-19-39-32(34-27)36-30(21-10-5-2-6-11-21)25-13-7-12-22(29(25)35-36)16-20-8-3-1-4-9-20/h1-6,8-11,14-19,25,30H,7,12-13H2/b22-16+/t25-,30-/m0/s1. The molecule has 0 spiro atoms. The van der Waals surface area contributed by atoms with Gasteiger partial charge in [-0.15, -0.1) is 11.3 Å². The predicted molar refractivity (Wildman–Crippen MR) is 162 cm³/mol. The van der Waals surface area contributed by atoms with E-state index in [-0.39, 0.29) is 12.0 Å². The second-order valence-electron chi connectivity index (χ2n) is 9.91. The fourth-order valence-electron chi connectivity index (χ4n) is 5.66. The van der Waals surface area contributed by atoms with Gasteiger partial charge in [0.1, 0.15) is 5.58 Å². The lowest BCUT2D eigenvalue weighted by Crippen LogP contribution is -2.28. The van der Waals surface area contributed by atoms with Gasteiger partial charge in [0.15, 0.2) is 0 Å². The topological polar surface area (TPSA) is 58.7 Å². The first kappa shape index (κ1) is 24.2. The molecule has 3 aromatic carbocycles. The minimum atomic E-state index is -0.393. The van der Waals surface area contributed by atoms with Crippen molar-refractivity contribution < 1.29 is 4.42 Å². The molecule has 1 saturated carbocycles. The fourth-order valence-corrected chi connectivity index (χ4v) is 6.85. The number of anilines is 1. The molecule has 0 bridgehead atoms. The summed E-state index contributed by atoms with van der Waals surface area (Å²) < 4.78 is 6.54. The van der Waals surface area contributed by atoms with Crippen LogP contribution in [0, 0.1) is 5.92 Å². The van der Waals surface area contributed by atoms with Crippen molar-refractivity contribution in [1.29, 1.82) is 0 Å². The Morgan fingerprint density at radius 3 is 2.62 bits per heavy atom. The molecule has 192 valence electrons. The van der Waals surface area contributed by atoms with Gasteiger partial charge in [-0.1, -0.05) is 76.6 Å². The Hall–Kier alpha value is -3.81. The lowest BCUT2D eigenvalue weighted by molar-refractivity contribution is 0.487. The van der Waals surface area contributed by atoms with Gasteiger partial charge in [0, 0.05) is 21.2 Å². The second kappa shape index (κ2) is 10.1. The molecule has 5 nitrogen and oxygen atoms in total.